The van der Waals surface area contributed by atoms with Crippen LogP contribution >= 0.6 is 11.3 Å². The number of amides is 1. The number of benzene rings is 3. The third kappa shape index (κ3) is 5.90. The topological polar surface area (TPSA) is 89.0 Å². The lowest BCUT2D eigenvalue weighted by molar-refractivity contribution is -0.132. The lowest BCUT2D eigenvalue weighted by atomic mass is 9.95. The van der Waals surface area contributed by atoms with E-state index >= 15 is 0 Å². The molecule has 218 valence electrons. The highest BCUT2D eigenvalue weighted by Crippen LogP contribution is 2.45. The van der Waals surface area contributed by atoms with Gasteiger partial charge in [0.15, 0.2) is 5.13 Å². The lowest BCUT2D eigenvalue weighted by Crippen LogP contribution is -2.29. The number of nitrogens with zero attached hydrogens (tertiary/aromatic N) is 2. The maximum absolute atomic E-state index is 13.7. The molecule has 0 bridgehead atoms. The van der Waals surface area contributed by atoms with Crippen molar-refractivity contribution in [3.8, 4) is 11.5 Å². The number of carbonyl (C=O) groups is 2. The first-order valence-corrected chi connectivity index (χ1v) is 15.1. The van der Waals surface area contributed by atoms with Crippen LogP contribution in [0.5, 0.6) is 11.5 Å². The molecule has 7 nitrogen and oxygen atoms in total. The average Bonchev–Trinajstić information content (AvgIpc) is 3.50. The third-order valence-electron chi connectivity index (χ3n) is 7.21. The van der Waals surface area contributed by atoms with Crippen LogP contribution in [0.2, 0.25) is 0 Å². The minimum Gasteiger partial charge on any atom is -0.507 e. The number of Topliss-reactive ketones (excluding diaryl/α,β-unsaturated/α-hetero) is 1. The zero-order valence-corrected chi connectivity index (χ0v) is 25.5. The van der Waals surface area contributed by atoms with E-state index in [1.54, 1.807) is 24.3 Å². The highest BCUT2D eigenvalue weighted by molar-refractivity contribution is 7.22. The van der Waals surface area contributed by atoms with Gasteiger partial charge in [0.1, 0.15) is 17.3 Å². The monoisotopic (exact) mass is 584 g/mol. The number of anilines is 1. The summed E-state index contributed by atoms with van der Waals surface area (Å²) in [6, 6.07) is 17.4. The molecule has 42 heavy (non-hydrogen) atoms. The number of ether oxygens (including phenoxy) is 2. The van der Waals surface area contributed by atoms with Gasteiger partial charge in [-0.2, -0.15) is 0 Å². The Morgan fingerprint density at radius 3 is 2.45 bits per heavy atom. The summed E-state index contributed by atoms with van der Waals surface area (Å²) in [6.45, 7) is 11.4. The van der Waals surface area contributed by atoms with Gasteiger partial charge in [-0.05, 0) is 91.8 Å². The summed E-state index contributed by atoms with van der Waals surface area (Å²) in [5, 5.41) is 12.0. The second-order valence-corrected chi connectivity index (χ2v) is 12.1. The summed E-state index contributed by atoms with van der Waals surface area (Å²) in [5.74, 6) is 0.0436. The highest BCUT2D eigenvalue weighted by atomic mass is 32.1. The molecule has 1 amide bonds. The first kappa shape index (κ1) is 29.3. The molecule has 1 unspecified atom stereocenters. The molecular formula is C34H36N2O5S. The normalized spacial score (nSPS) is 16.5. The molecule has 0 spiro atoms. The summed E-state index contributed by atoms with van der Waals surface area (Å²) in [4.78, 5) is 33.6. The van der Waals surface area contributed by atoms with Gasteiger partial charge < -0.3 is 14.6 Å². The SMILES string of the molecule is CCCOc1ccc(C(O)=C2C(=O)C(=O)N(c3nc4c(C)cc(C)cc4s3)C2c2cccc(OCCC(C)C)c2)cc1. The molecule has 1 saturated heterocycles. The molecule has 1 atom stereocenters. The second-order valence-electron chi connectivity index (χ2n) is 11.1. The number of aromatic nitrogens is 1. The maximum Gasteiger partial charge on any atom is 0.301 e. The zero-order valence-electron chi connectivity index (χ0n) is 24.6. The Hall–Kier alpha value is -4.17. The number of aryl methyl sites for hydroxylation is 2. The van der Waals surface area contributed by atoms with Crippen molar-refractivity contribution >= 4 is 44.1 Å². The van der Waals surface area contributed by atoms with E-state index in [0.29, 0.717) is 46.9 Å². The molecule has 1 aromatic heterocycles. The van der Waals surface area contributed by atoms with Crippen LogP contribution in [0.15, 0.2) is 66.2 Å². The third-order valence-corrected chi connectivity index (χ3v) is 8.21. The Balaban J connectivity index is 1.63. The fraction of sp³-hybridized carbons (Fsp3) is 0.324. The van der Waals surface area contributed by atoms with Gasteiger partial charge in [0.05, 0.1) is 35.0 Å². The zero-order chi connectivity index (χ0) is 30.0. The van der Waals surface area contributed by atoms with Crippen LogP contribution in [0.4, 0.5) is 5.13 Å². The molecule has 1 aliphatic rings. The Morgan fingerprint density at radius 1 is 1.00 bits per heavy atom. The van der Waals surface area contributed by atoms with E-state index in [4.69, 9.17) is 14.5 Å². The Kier molecular flexibility index (Phi) is 8.64. The summed E-state index contributed by atoms with van der Waals surface area (Å²) in [6.07, 6.45) is 1.77. The molecule has 1 fully saturated rings. The molecule has 1 N–H and O–H groups in total. The van der Waals surface area contributed by atoms with Crippen LogP contribution in [0.25, 0.3) is 16.0 Å². The Morgan fingerprint density at radius 2 is 1.74 bits per heavy atom. The molecule has 0 saturated carbocycles. The predicted octanol–water partition coefficient (Wildman–Crippen LogP) is 7.75. The number of carbonyl (C=O) groups excluding carboxylic acids is 2. The number of aliphatic hydroxyl groups excluding tert-OH is 1. The van der Waals surface area contributed by atoms with Crippen molar-refractivity contribution in [3.63, 3.8) is 0 Å². The number of hydrogen-bond acceptors (Lipinski definition) is 7. The standard InChI is InChI=1S/C34H36N2O5S/c1-6-15-40-25-12-10-23(11-13-25)31(37)28-30(24-8-7-9-26(19-24)41-16-14-20(2)3)36(33(39)32(28)38)34-35-29-22(5)17-21(4)18-27(29)42-34/h7-13,17-20,30,37H,6,14-16H2,1-5H3. The van der Waals surface area contributed by atoms with Crippen molar-refractivity contribution in [2.75, 3.05) is 18.1 Å². The van der Waals surface area contributed by atoms with Gasteiger partial charge in [-0.1, -0.05) is 50.3 Å². The number of ketones is 1. The van der Waals surface area contributed by atoms with E-state index in [1.807, 2.05) is 57.2 Å². The van der Waals surface area contributed by atoms with Crippen molar-refractivity contribution < 1.29 is 24.2 Å². The van der Waals surface area contributed by atoms with Crippen LogP contribution < -0.4 is 14.4 Å². The molecule has 3 aromatic carbocycles. The van der Waals surface area contributed by atoms with Crippen molar-refractivity contribution in [3.05, 3.63) is 88.5 Å². The number of thiazole rings is 1. The molecule has 5 rings (SSSR count). The van der Waals surface area contributed by atoms with Gasteiger partial charge in [0.25, 0.3) is 5.78 Å². The number of hydrogen-bond donors (Lipinski definition) is 1. The maximum atomic E-state index is 13.7. The highest BCUT2D eigenvalue weighted by Gasteiger charge is 2.48. The summed E-state index contributed by atoms with van der Waals surface area (Å²) < 4.78 is 12.6. The van der Waals surface area contributed by atoms with E-state index in [2.05, 4.69) is 13.8 Å². The van der Waals surface area contributed by atoms with E-state index in [-0.39, 0.29) is 11.3 Å². The number of rotatable bonds is 10. The lowest BCUT2D eigenvalue weighted by Gasteiger charge is -2.23. The van der Waals surface area contributed by atoms with Gasteiger partial charge in [0.2, 0.25) is 0 Å². The smallest absolute Gasteiger partial charge is 0.301 e. The average molecular weight is 585 g/mol. The first-order chi connectivity index (χ1) is 20.2. The van der Waals surface area contributed by atoms with Crippen LogP contribution in [0.3, 0.4) is 0 Å². The van der Waals surface area contributed by atoms with E-state index in [1.165, 1.54) is 16.2 Å². The number of aliphatic hydroxyl groups is 1. The van der Waals surface area contributed by atoms with Gasteiger partial charge in [0, 0.05) is 5.56 Å². The van der Waals surface area contributed by atoms with Gasteiger partial charge in [-0.25, -0.2) is 4.98 Å². The van der Waals surface area contributed by atoms with Gasteiger partial charge >= 0.3 is 5.91 Å². The second kappa shape index (κ2) is 12.4. The summed E-state index contributed by atoms with van der Waals surface area (Å²) >= 11 is 1.36. The summed E-state index contributed by atoms with van der Waals surface area (Å²) in [7, 11) is 0. The van der Waals surface area contributed by atoms with Crippen LogP contribution in [-0.2, 0) is 9.59 Å². The van der Waals surface area contributed by atoms with Crippen LogP contribution in [0.1, 0.15) is 61.9 Å². The predicted molar refractivity (Wildman–Crippen MR) is 167 cm³/mol. The van der Waals surface area contributed by atoms with E-state index < -0.39 is 17.7 Å². The fourth-order valence-electron chi connectivity index (χ4n) is 5.08. The van der Waals surface area contributed by atoms with Crippen molar-refractivity contribution in [2.24, 2.45) is 5.92 Å². The molecule has 0 aliphatic carbocycles. The molecule has 8 heteroatoms. The number of fused-ring (bicyclic) bond motifs is 1. The Labute approximate surface area is 250 Å². The summed E-state index contributed by atoms with van der Waals surface area (Å²) in [5.41, 5.74) is 3.94. The molecular weight excluding hydrogens is 548 g/mol. The van der Waals surface area contributed by atoms with E-state index in [0.717, 1.165) is 34.2 Å². The van der Waals surface area contributed by atoms with Crippen molar-refractivity contribution in [1.82, 2.24) is 4.98 Å². The van der Waals surface area contributed by atoms with Crippen LogP contribution in [0, 0.1) is 19.8 Å². The van der Waals surface area contributed by atoms with Gasteiger partial charge in [-0.3, -0.25) is 14.5 Å². The molecule has 4 aromatic rings. The van der Waals surface area contributed by atoms with Crippen molar-refractivity contribution in [1.29, 1.82) is 0 Å². The minimum atomic E-state index is -0.892. The molecule has 0 radical (unpaired) electrons. The fourth-order valence-corrected chi connectivity index (χ4v) is 6.25. The van der Waals surface area contributed by atoms with Crippen molar-refractivity contribution in [2.45, 2.75) is 53.5 Å². The minimum absolute atomic E-state index is 0.00807. The van der Waals surface area contributed by atoms with Crippen LogP contribution in [-0.4, -0.2) is 35.0 Å². The molecule has 2 heterocycles. The van der Waals surface area contributed by atoms with E-state index in [9.17, 15) is 14.7 Å². The largest absolute Gasteiger partial charge is 0.507 e. The Bertz CT molecular complexity index is 1650. The first-order valence-electron chi connectivity index (χ1n) is 14.3. The molecule has 1 aliphatic heterocycles. The van der Waals surface area contributed by atoms with Gasteiger partial charge in [-0.15, -0.1) is 0 Å². The quantitative estimate of drug-likeness (QED) is 0.116.